The van der Waals surface area contributed by atoms with Crippen molar-refractivity contribution in [1.29, 1.82) is 0 Å². The fourth-order valence-electron chi connectivity index (χ4n) is 8.85. The monoisotopic (exact) mass is 754 g/mol. The first-order valence-corrected chi connectivity index (χ1v) is 17.1. The molecule has 4 aliphatic rings. The van der Waals surface area contributed by atoms with Gasteiger partial charge < -0.3 is 0 Å². The third-order valence-corrected chi connectivity index (χ3v) is 12.8. The number of aryl methyl sites for hydroxylation is 1. The van der Waals surface area contributed by atoms with Crippen LogP contribution in [0.2, 0.25) is 0 Å². The largest absolute Gasteiger partial charge is 0.0579 e. The van der Waals surface area contributed by atoms with E-state index in [2.05, 4.69) is 34.7 Å². The molecule has 1 aromatic rings. The van der Waals surface area contributed by atoms with Crippen LogP contribution < -0.4 is 0 Å². The molecule has 1 radical (unpaired) electrons. The first-order valence-electron chi connectivity index (χ1n) is 13.7. The van der Waals surface area contributed by atoms with Crippen molar-refractivity contribution in [1.82, 2.24) is 0 Å². The van der Waals surface area contributed by atoms with Crippen LogP contribution in [0.5, 0.6) is 0 Å². The summed E-state index contributed by atoms with van der Waals surface area (Å²) >= 11 is 0.743. The number of allylic oxidation sites excluding steroid dienone is 1. The van der Waals surface area contributed by atoms with E-state index in [1.165, 1.54) is 38.5 Å². The van der Waals surface area contributed by atoms with Crippen molar-refractivity contribution in [3.63, 3.8) is 0 Å². The summed E-state index contributed by atoms with van der Waals surface area (Å²) in [5, 5.41) is 0. The molecule has 203 valence electrons. The molecule has 4 nitrogen and oxygen atoms in total. The van der Waals surface area contributed by atoms with Crippen LogP contribution in [-0.4, -0.2) is 48.4 Å². The smallest absolute Gasteiger partial charge is 0 e. The van der Waals surface area contributed by atoms with E-state index in [4.69, 9.17) is 8.37 Å². The fourth-order valence-corrected chi connectivity index (χ4v) is 10.6. The molecule has 0 aromatic heterocycles. The van der Waals surface area contributed by atoms with Crippen LogP contribution >= 0.6 is 7.81 Å². The average molecular weight is 754 g/mol. The minimum atomic E-state index is -3.72. The van der Waals surface area contributed by atoms with E-state index in [1.807, 2.05) is 19.1 Å². The maximum Gasteiger partial charge on any atom is 0 e. The van der Waals surface area contributed by atoms with Gasteiger partial charge in [0.1, 0.15) is 0 Å². The maximum absolute atomic E-state index is 12.8. The van der Waals surface area contributed by atoms with Gasteiger partial charge in [0.2, 0.25) is 0 Å². The normalized spacial score (nSPS) is 37.9. The zero-order valence-corrected chi connectivity index (χ0v) is 29.8. The predicted molar refractivity (Wildman–Crippen MR) is 155 cm³/mol. The van der Waals surface area contributed by atoms with E-state index in [1.54, 1.807) is 17.7 Å². The number of rotatable bonds is 6. The first kappa shape index (κ1) is 30.5. The van der Waals surface area contributed by atoms with Crippen molar-refractivity contribution in [2.45, 2.75) is 90.1 Å². The third kappa shape index (κ3) is 5.69. The van der Waals surface area contributed by atoms with Crippen molar-refractivity contribution in [2.24, 2.45) is 40.4 Å². The number of thiol groups is 1. The van der Waals surface area contributed by atoms with E-state index in [0.717, 1.165) is 47.2 Å². The van der Waals surface area contributed by atoms with Gasteiger partial charge in [0.25, 0.3) is 10.1 Å². The summed E-state index contributed by atoms with van der Waals surface area (Å²) < 4.78 is 37.1. The molecule has 0 aliphatic heterocycles. The molecule has 0 unspecified atom stereocenters. The quantitative estimate of drug-likeness (QED) is 0.0787. The van der Waals surface area contributed by atoms with Gasteiger partial charge in [-0.05, 0) is 19.1 Å². The van der Waals surface area contributed by atoms with Crippen molar-refractivity contribution in [3.05, 3.63) is 41.5 Å². The Labute approximate surface area is 250 Å². The Morgan fingerprint density at radius 1 is 1.08 bits per heavy atom. The summed E-state index contributed by atoms with van der Waals surface area (Å²) in [4.78, 5) is 0.253. The average Bonchev–Trinajstić information content (AvgIpc) is 3.20. The summed E-state index contributed by atoms with van der Waals surface area (Å²) in [5.74, 6) is 2.95. The molecule has 0 bridgehead atoms. The summed E-state index contributed by atoms with van der Waals surface area (Å²) in [7, 11) is 0.537. The van der Waals surface area contributed by atoms with Crippen molar-refractivity contribution in [2.75, 3.05) is 6.61 Å². The SMILES string of the molecule is Cc1ccc(S(=O)(=O)OC[C@@H](C)[C@H]2CC[C@H]3[C@@H]4CC=C5C[C@@H](O[SH-]#P)CC[C@]5(C)[C@H]4CC[C@]23C)cc1.[Tl]. The van der Waals surface area contributed by atoms with Gasteiger partial charge in [0.05, 0.1) is 11.5 Å². The van der Waals surface area contributed by atoms with Gasteiger partial charge in [-0.25, -0.2) is 0 Å². The second-order valence-electron chi connectivity index (χ2n) is 12.6. The zero-order chi connectivity index (χ0) is 25.7. The summed E-state index contributed by atoms with van der Waals surface area (Å²) in [5.41, 5.74) is 3.26. The van der Waals surface area contributed by atoms with Crippen LogP contribution in [0.3, 0.4) is 0 Å². The standard InChI is InChI=1S/C29H42O4PS2.Tl/c1-19-5-8-23(9-6-19)36(30,31)32-18-20(2)25-11-12-26-24-10-7-21-17-22(33-35-34)13-15-28(21,3)27(24)14-16-29(25,26)4;/h5-9,20,22,24-27,35H,10-18H2,1-4H3;/q-1;/t20-,22+,24+,25-,26+,27+,28+,29-;/m1./s1. The molecule has 4 aliphatic carbocycles. The molecule has 3 saturated carbocycles. The van der Waals surface area contributed by atoms with Gasteiger partial charge in [0, 0.05) is 27.3 Å². The number of hydrogen-bond acceptors (Lipinski definition) is 5. The maximum atomic E-state index is 12.8. The second kappa shape index (κ2) is 11.8. The Hall–Kier alpha value is 0.532. The summed E-state index contributed by atoms with van der Waals surface area (Å²) in [6, 6.07) is 6.94. The molecule has 3 fully saturated rings. The van der Waals surface area contributed by atoms with Crippen molar-refractivity contribution in [3.8, 4) is 0 Å². The molecule has 8 heteroatoms. The van der Waals surface area contributed by atoms with Crippen LogP contribution in [0.1, 0.15) is 77.7 Å². The molecular weight excluding hydrogens is 712 g/mol. The summed E-state index contributed by atoms with van der Waals surface area (Å²) in [6.07, 6.45) is 12.5. The molecule has 0 amide bonds. The molecule has 37 heavy (non-hydrogen) atoms. The Balaban J connectivity index is 0.00000320. The van der Waals surface area contributed by atoms with E-state index in [9.17, 15) is 8.42 Å². The van der Waals surface area contributed by atoms with Crippen LogP contribution in [-0.2, 0) is 29.5 Å². The zero-order valence-electron chi connectivity index (χ0n) is 22.7. The van der Waals surface area contributed by atoms with Crippen LogP contribution in [0.15, 0.2) is 40.8 Å². The van der Waals surface area contributed by atoms with Crippen LogP contribution in [0.4, 0.5) is 0 Å². The number of benzene rings is 1. The molecule has 1 aromatic carbocycles. The van der Waals surface area contributed by atoms with E-state index in [-0.39, 0.29) is 50.1 Å². The molecule has 0 spiro atoms. The van der Waals surface area contributed by atoms with Gasteiger partial charge in [0.15, 0.2) is 0 Å². The minimum Gasteiger partial charge on any atom is -0.0579 e. The van der Waals surface area contributed by atoms with E-state index in [0.29, 0.717) is 17.4 Å². The molecule has 0 saturated heterocycles. The Kier molecular flexibility index (Phi) is 9.72. The van der Waals surface area contributed by atoms with Gasteiger partial charge >= 0.3 is 146 Å². The predicted octanol–water partition coefficient (Wildman–Crippen LogP) is 6.98. The van der Waals surface area contributed by atoms with Crippen molar-refractivity contribution >= 4 is 56.3 Å². The minimum absolute atomic E-state index is 0. The summed E-state index contributed by atoms with van der Waals surface area (Å²) in [6.45, 7) is 9.47. The van der Waals surface area contributed by atoms with Gasteiger partial charge in [-0.2, -0.15) is 8.42 Å². The molecule has 0 N–H and O–H groups in total. The van der Waals surface area contributed by atoms with Crippen LogP contribution in [0, 0.1) is 47.3 Å². The first-order chi connectivity index (χ1) is 17.1. The third-order valence-electron chi connectivity index (χ3n) is 10.8. The topological polar surface area (TPSA) is 52.6 Å². The molecule has 0 heterocycles. The van der Waals surface area contributed by atoms with E-state index >= 15 is 0 Å². The van der Waals surface area contributed by atoms with Gasteiger partial charge in [-0.1, -0.05) is 24.6 Å². The fraction of sp³-hybridized carbons (Fsp3) is 0.724. The Bertz CT molecular complexity index is 1160. The number of hydrogen-bond donors (Lipinski definition) is 0. The second-order valence-corrected chi connectivity index (χ2v) is 15.0. The van der Waals surface area contributed by atoms with Gasteiger partial charge in [-0.3, -0.25) is 4.18 Å². The van der Waals surface area contributed by atoms with Crippen LogP contribution in [0.25, 0.3) is 0 Å². The Morgan fingerprint density at radius 2 is 1.81 bits per heavy atom. The molecular formula is C29H42O4PS2Tl-. The number of fused-ring (bicyclic) bond motifs is 5. The van der Waals surface area contributed by atoms with Gasteiger partial charge in [-0.15, -0.1) is 0 Å². The van der Waals surface area contributed by atoms with Crippen molar-refractivity contribution < 1.29 is 16.8 Å². The molecule has 5 rings (SSSR count). The molecule has 8 atom stereocenters. The Morgan fingerprint density at radius 3 is 2.51 bits per heavy atom. The van der Waals surface area contributed by atoms with E-state index < -0.39 is 10.1 Å².